The molecule has 2 aromatic carbocycles. The predicted molar refractivity (Wildman–Crippen MR) is 128 cm³/mol. The fourth-order valence-corrected chi connectivity index (χ4v) is 4.09. The first kappa shape index (κ1) is 20.9. The van der Waals surface area contributed by atoms with Crippen molar-refractivity contribution in [1.29, 1.82) is 0 Å². The molecule has 0 saturated carbocycles. The van der Waals surface area contributed by atoms with Crippen molar-refractivity contribution in [3.05, 3.63) is 48.0 Å². The second-order valence-corrected chi connectivity index (χ2v) is 7.94. The van der Waals surface area contributed by atoms with Gasteiger partial charge in [0.15, 0.2) is 5.11 Å². The molecule has 6 nitrogen and oxygen atoms in total. The highest BCUT2D eigenvalue weighted by Crippen LogP contribution is 2.32. The Bertz CT molecular complexity index is 864. The van der Waals surface area contributed by atoms with E-state index in [1.807, 2.05) is 6.07 Å². The standard InChI is InChI=1S/C23H30N4O2S/c1-2-18-4-3-5-19(16-18)24-23(30)25-21-7-6-20(26-8-12-28-13-9-26)17-22(21)27-10-14-29-15-11-27/h3-7,16-17H,2,8-15H2,1H3,(H2,24,25,30). The summed E-state index contributed by atoms with van der Waals surface area (Å²) >= 11 is 5.62. The quantitative estimate of drug-likeness (QED) is 0.707. The van der Waals surface area contributed by atoms with Crippen LogP contribution in [-0.2, 0) is 15.9 Å². The van der Waals surface area contributed by atoms with Gasteiger partial charge in [0.05, 0.1) is 37.8 Å². The van der Waals surface area contributed by atoms with Gasteiger partial charge in [0.1, 0.15) is 0 Å². The SMILES string of the molecule is CCc1cccc(NC(=S)Nc2ccc(N3CCOCC3)cc2N2CCOCC2)c1. The summed E-state index contributed by atoms with van der Waals surface area (Å²) in [5.41, 5.74) is 5.68. The van der Waals surface area contributed by atoms with Crippen LogP contribution in [0.2, 0.25) is 0 Å². The number of morpholine rings is 2. The van der Waals surface area contributed by atoms with Crippen molar-refractivity contribution in [2.24, 2.45) is 0 Å². The third-order valence-electron chi connectivity index (χ3n) is 5.55. The van der Waals surface area contributed by atoms with Crippen LogP contribution in [0.5, 0.6) is 0 Å². The molecule has 2 heterocycles. The van der Waals surface area contributed by atoms with Crippen LogP contribution in [0, 0.1) is 0 Å². The first-order valence-corrected chi connectivity index (χ1v) is 11.1. The summed E-state index contributed by atoms with van der Waals surface area (Å²) in [6.45, 7) is 8.78. The van der Waals surface area contributed by atoms with Gasteiger partial charge in [0, 0.05) is 37.6 Å². The summed E-state index contributed by atoms with van der Waals surface area (Å²) in [5.74, 6) is 0. The Morgan fingerprint density at radius 1 is 0.900 bits per heavy atom. The third-order valence-corrected chi connectivity index (χ3v) is 5.75. The number of nitrogens with zero attached hydrogens (tertiary/aromatic N) is 2. The zero-order chi connectivity index (χ0) is 20.8. The van der Waals surface area contributed by atoms with E-state index in [4.69, 9.17) is 21.7 Å². The molecule has 2 N–H and O–H groups in total. The number of thiocarbonyl (C=S) groups is 1. The Labute approximate surface area is 184 Å². The molecule has 0 aromatic heterocycles. The zero-order valence-corrected chi connectivity index (χ0v) is 18.3. The molecule has 7 heteroatoms. The number of hydrogen-bond donors (Lipinski definition) is 2. The van der Waals surface area contributed by atoms with E-state index in [1.165, 1.54) is 11.3 Å². The third kappa shape index (κ3) is 5.22. The Kier molecular flexibility index (Phi) is 7.04. The molecule has 160 valence electrons. The molecule has 2 aromatic rings. The van der Waals surface area contributed by atoms with Crippen molar-refractivity contribution in [2.75, 3.05) is 73.0 Å². The first-order chi connectivity index (χ1) is 14.7. The molecule has 0 aliphatic carbocycles. The van der Waals surface area contributed by atoms with Crippen LogP contribution in [-0.4, -0.2) is 57.7 Å². The molecule has 4 rings (SSSR count). The maximum Gasteiger partial charge on any atom is 0.175 e. The van der Waals surface area contributed by atoms with Gasteiger partial charge < -0.3 is 29.9 Å². The summed E-state index contributed by atoms with van der Waals surface area (Å²) in [7, 11) is 0. The number of ether oxygens (including phenoxy) is 2. The second-order valence-electron chi connectivity index (χ2n) is 7.53. The van der Waals surface area contributed by atoms with Gasteiger partial charge in [-0.05, 0) is 54.5 Å². The van der Waals surface area contributed by atoms with Crippen LogP contribution in [0.3, 0.4) is 0 Å². The average molecular weight is 427 g/mol. The van der Waals surface area contributed by atoms with E-state index < -0.39 is 0 Å². The van der Waals surface area contributed by atoms with Gasteiger partial charge in [-0.1, -0.05) is 19.1 Å². The highest BCUT2D eigenvalue weighted by molar-refractivity contribution is 7.80. The van der Waals surface area contributed by atoms with Gasteiger partial charge in [-0.25, -0.2) is 0 Å². The van der Waals surface area contributed by atoms with Crippen molar-refractivity contribution < 1.29 is 9.47 Å². The topological polar surface area (TPSA) is 49.0 Å². The molecule has 30 heavy (non-hydrogen) atoms. The number of aryl methyl sites for hydroxylation is 1. The van der Waals surface area contributed by atoms with E-state index in [0.717, 1.165) is 76.1 Å². The Balaban J connectivity index is 1.53. The average Bonchev–Trinajstić information content (AvgIpc) is 2.80. The van der Waals surface area contributed by atoms with Gasteiger partial charge in [-0.3, -0.25) is 0 Å². The van der Waals surface area contributed by atoms with E-state index in [0.29, 0.717) is 5.11 Å². The molecule has 2 aliphatic heterocycles. The van der Waals surface area contributed by atoms with Gasteiger partial charge in [0.2, 0.25) is 0 Å². The number of benzene rings is 2. The Hall–Kier alpha value is -2.35. The van der Waals surface area contributed by atoms with Crippen LogP contribution in [0.25, 0.3) is 0 Å². The van der Waals surface area contributed by atoms with Gasteiger partial charge in [0.25, 0.3) is 0 Å². The number of nitrogens with one attached hydrogen (secondary N) is 2. The number of rotatable bonds is 5. The molecule has 2 saturated heterocycles. The molecule has 0 bridgehead atoms. The highest BCUT2D eigenvalue weighted by Gasteiger charge is 2.19. The smallest absolute Gasteiger partial charge is 0.175 e. The lowest BCUT2D eigenvalue weighted by Crippen LogP contribution is -2.38. The molecule has 0 unspecified atom stereocenters. The zero-order valence-electron chi connectivity index (χ0n) is 17.5. The Morgan fingerprint density at radius 3 is 2.30 bits per heavy atom. The molecular weight excluding hydrogens is 396 g/mol. The summed E-state index contributed by atoms with van der Waals surface area (Å²) in [6, 6.07) is 14.9. The molecule has 0 spiro atoms. The first-order valence-electron chi connectivity index (χ1n) is 10.7. The predicted octanol–water partition coefficient (Wildman–Crippen LogP) is 3.73. The lowest BCUT2D eigenvalue weighted by atomic mass is 10.1. The normalized spacial score (nSPS) is 17.0. The van der Waals surface area contributed by atoms with Gasteiger partial charge in [-0.15, -0.1) is 0 Å². The largest absolute Gasteiger partial charge is 0.378 e. The number of anilines is 4. The van der Waals surface area contributed by atoms with Crippen molar-refractivity contribution >= 4 is 40.1 Å². The van der Waals surface area contributed by atoms with Crippen LogP contribution in [0.1, 0.15) is 12.5 Å². The van der Waals surface area contributed by atoms with Gasteiger partial charge >= 0.3 is 0 Å². The maximum absolute atomic E-state index is 5.62. The van der Waals surface area contributed by atoms with Gasteiger partial charge in [-0.2, -0.15) is 0 Å². The number of hydrogen-bond acceptors (Lipinski definition) is 5. The minimum atomic E-state index is 0.594. The van der Waals surface area contributed by atoms with Crippen molar-refractivity contribution in [1.82, 2.24) is 0 Å². The van der Waals surface area contributed by atoms with Crippen LogP contribution < -0.4 is 20.4 Å². The van der Waals surface area contributed by atoms with E-state index in [-0.39, 0.29) is 0 Å². The maximum atomic E-state index is 5.62. The van der Waals surface area contributed by atoms with Crippen LogP contribution >= 0.6 is 12.2 Å². The minimum Gasteiger partial charge on any atom is -0.378 e. The van der Waals surface area contributed by atoms with E-state index in [2.05, 4.69) is 63.8 Å². The molecular formula is C23H30N4O2S. The fourth-order valence-electron chi connectivity index (χ4n) is 3.86. The van der Waals surface area contributed by atoms with Crippen LogP contribution in [0.4, 0.5) is 22.7 Å². The molecule has 0 radical (unpaired) electrons. The van der Waals surface area contributed by atoms with E-state index in [1.54, 1.807) is 0 Å². The monoisotopic (exact) mass is 426 g/mol. The molecule has 2 fully saturated rings. The highest BCUT2D eigenvalue weighted by atomic mass is 32.1. The van der Waals surface area contributed by atoms with E-state index >= 15 is 0 Å². The van der Waals surface area contributed by atoms with Crippen molar-refractivity contribution in [3.63, 3.8) is 0 Å². The Morgan fingerprint density at radius 2 is 1.60 bits per heavy atom. The summed E-state index contributed by atoms with van der Waals surface area (Å²) in [5, 5.41) is 7.34. The van der Waals surface area contributed by atoms with E-state index in [9.17, 15) is 0 Å². The molecule has 0 amide bonds. The van der Waals surface area contributed by atoms with Crippen molar-refractivity contribution in [3.8, 4) is 0 Å². The lowest BCUT2D eigenvalue weighted by Gasteiger charge is -2.33. The summed E-state index contributed by atoms with van der Waals surface area (Å²) < 4.78 is 11.1. The van der Waals surface area contributed by atoms with Crippen molar-refractivity contribution in [2.45, 2.75) is 13.3 Å². The lowest BCUT2D eigenvalue weighted by molar-refractivity contribution is 0.122. The molecule has 2 aliphatic rings. The summed E-state index contributed by atoms with van der Waals surface area (Å²) in [6.07, 6.45) is 1.000. The fraction of sp³-hybridized carbons (Fsp3) is 0.435. The van der Waals surface area contributed by atoms with Crippen LogP contribution in [0.15, 0.2) is 42.5 Å². The second kappa shape index (κ2) is 10.1. The summed E-state index contributed by atoms with van der Waals surface area (Å²) in [4.78, 5) is 4.75. The molecule has 0 atom stereocenters. The minimum absolute atomic E-state index is 0.594.